The second-order valence-electron chi connectivity index (χ2n) is 5.21. The lowest BCUT2D eigenvalue weighted by atomic mass is 10.3. The number of rotatable bonds is 3. The molecule has 4 rings (SSSR count). The first-order valence-electron chi connectivity index (χ1n) is 7.22. The van der Waals surface area contributed by atoms with Gasteiger partial charge in [-0.1, -0.05) is 23.2 Å². The van der Waals surface area contributed by atoms with E-state index in [9.17, 15) is 5.11 Å². The zero-order valence-electron chi connectivity index (χ0n) is 12.6. The maximum Gasteiger partial charge on any atom is 0.230 e. The highest BCUT2D eigenvalue weighted by Crippen LogP contribution is 2.29. The summed E-state index contributed by atoms with van der Waals surface area (Å²) in [6, 6.07) is 9.88. The van der Waals surface area contributed by atoms with Crippen LogP contribution >= 0.6 is 23.2 Å². The Kier molecular flexibility index (Phi) is 3.91. The van der Waals surface area contributed by atoms with Crippen LogP contribution in [-0.4, -0.2) is 20.1 Å². The third-order valence-corrected chi connectivity index (χ3v) is 3.92. The van der Waals surface area contributed by atoms with E-state index < -0.39 is 0 Å². The molecule has 25 heavy (non-hydrogen) atoms. The predicted molar refractivity (Wildman–Crippen MR) is 96.4 cm³/mol. The monoisotopic (exact) mass is 372 g/mol. The summed E-state index contributed by atoms with van der Waals surface area (Å²) in [7, 11) is 0. The Morgan fingerprint density at radius 1 is 0.960 bits per heavy atom. The fourth-order valence-electron chi connectivity index (χ4n) is 2.26. The number of nitrogens with one attached hydrogen (secondary N) is 1. The number of halogens is 2. The van der Waals surface area contributed by atoms with Crippen molar-refractivity contribution >= 4 is 45.9 Å². The van der Waals surface area contributed by atoms with Crippen LogP contribution in [0.4, 0.5) is 11.6 Å². The molecule has 0 saturated carbocycles. The molecule has 0 bridgehead atoms. The molecule has 0 amide bonds. The number of aromatic hydroxyl groups is 1. The summed E-state index contributed by atoms with van der Waals surface area (Å²) in [4.78, 5) is 12.8. The minimum Gasteiger partial charge on any atom is -0.506 e. The fourth-order valence-corrected chi connectivity index (χ4v) is 2.59. The van der Waals surface area contributed by atoms with Crippen LogP contribution in [0.25, 0.3) is 22.6 Å². The zero-order chi connectivity index (χ0) is 17.4. The number of benzene rings is 2. The van der Waals surface area contributed by atoms with E-state index >= 15 is 0 Å². The molecule has 0 fully saturated rings. The van der Waals surface area contributed by atoms with Gasteiger partial charge in [0, 0.05) is 22.4 Å². The van der Waals surface area contributed by atoms with Gasteiger partial charge in [0.2, 0.25) is 11.8 Å². The second kappa shape index (κ2) is 6.23. The molecule has 0 atom stereocenters. The molecule has 2 heterocycles. The van der Waals surface area contributed by atoms with Crippen molar-refractivity contribution in [3.05, 3.63) is 58.8 Å². The summed E-state index contributed by atoms with van der Waals surface area (Å²) >= 11 is 11.9. The van der Waals surface area contributed by atoms with E-state index in [0.29, 0.717) is 44.2 Å². The van der Waals surface area contributed by atoms with Crippen LogP contribution in [0.2, 0.25) is 10.0 Å². The highest BCUT2D eigenvalue weighted by atomic mass is 35.5. The van der Waals surface area contributed by atoms with E-state index in [4.69, 9.17) is 27.6 Å². The van der Waals surface area contributed by atoms with Gasteiger partial charge in [0.05, 0.1) is 11.3 Å². The molecule has 0 radical (unpaired) electrons. The van der Waals surface area contributed by atoms with Gasteiger partial charge in [-0.05, 0) is 36.4 Å². The fraction of sp³-hybridized carbons (Fsp3) is 0. The van der Waals surface area contributed by atoms with Crippen molar-refractivity contribution in [3.63, 3.8) is 0 Å². The van der Waals surface area contributed by atoms with Crippen LogP contribution in [0.3, 0.4) is 0 Å². The molecule has 4 aromatic rings. The lowest BCUT2D eigenvalue weighted by Crippen LogP contribution is -1.97. The zero-order valence-corrected chi connectivity index (χ0v) is 14.1. The third kappa shape index (κ3) is 3.22. The van der Waals surface area contributed by atoms with Gasteiger partial charge in [0.1, 0.15) is 11.3 Å². The molecule has 0 aliphatic heterocycles. The second-order valence-corrected chi connectivity index (χ2v) is 6.09. The van der Waals surface area contributed by atoms with E-state index in [1.807, 2.05) is 0 Å². The molecular weight excluding hydrogens is 363 g/mol. The van der Waals surface area contributed by atoms with Crippen molar-refractivity contribution in [2.45, 2.75) is 0 Å². The first-order chi connectivity index (χ1) is 12.1. The summed E-state index contributed by atoms with van der Waals surface area (Å²) in [5, 5.41) is 13.8. The van der Waals surface area contributed by atoms with Crippen LogP contribution in [0.5, 0.6) is 5.75 Å². The minimum atomic E-state index is 0.0490. The number of phenolic OH excluding ortho intramolecular Hbond substituents is 1. The number of nitrogens with zero attached hydrogens (tertiary/aromatic N) is 3. The summed E-state index contributed by atoms with van der Waals surface area (Å²) in [6.07, 6.45) is 3.15. The van der Waals surface area contributed by atoms with E-state index in [0.717, 1.165) is 0 Å². The molecule has 0 saturated heterocycles. The van der Waals surface area contributed by atoms with Crippen LogP contribution in [0.15, 0.2) is 53.2 Å². The smallest absolute Gasteiger partial charge is 0.230 e. The molecule has 8 heteroatoms. The largest absolute Gasteiger partial charge is 0.506 e. The Balaban J connectivity index is 1.61. The summed E-state index contributed by atoms with van der Waals surface area (Å²) in [6.45, 7) is 0. The molecule has 0 unspecified atom stereocenters. The van der Waals surface area contributed by atoms with Gasteiger partial charge in [0.25, 0.3) is 0 Å². The number of anilines is 2. The van der Waals surface area contributed by atoms with Crippen molar-refractivity contribution < 1.29 is 9.52 Å². The van der Waals surface area contributed by atoms with Crippen LogP contribution in [-0.2, 0) is 0 Å². The molecular formula is C17H10Cl2N4O2. The standard InChI is InChI=1S/C17H10Cl2N4O2/c18-10-1-3-14(24)12(5-10)23-17-20-7-9(8-21-17)16-22-13-6-11(19)2-4-15(13)25-16/h1-8,24H,(H,20,21,23). The third-order valence-electron chi connectivity index (χ3n) is 3.45. The van der Waals surface area contributed by atoms with Crippen molar-refractivity contribution in [3.8, 4) is 17.2 Å². The number of oxazole rings is 1. The van der Waals surface area contributed by atoms with Gasteiger partial charge in [-0.15, -0.1) is 0 Å². The van der Waals surface area contributed by atoms with Crippen LogP contribution in [0.1, 0.15) is 0 Å². The van der Waals surface area contributed by atoms with Crippen molar-refractivity contribution in [2.24, 2.45) is 0 Å². The molecule has 2 N–H and O–H groups in total. The molecule has 0 aliphatic carbocycles. The topological polar surface area (TPSA) is 84.1 Å². The van der Waals surface area contributed by atoms with Crippen molar-refractivity contribution in [1.82, 2.24) is 15.0 Å². The number of hydrogen-bond donors (Lipinski definition) is 2. The number of fused-ring (bicyclic) bond motifs is 1. The summed E-state index contributed by atoms with van der Waals surface area (Å²) in [5.41, 5.74) is 2.32. The van der Waals surface area contributed by atoms with Crippen molar-refractivity contribution in [2.75, 3.05) is 5.32 Å². The molecule has 0 aliphatic rings. The van der Waals surface area contributed by atoms with E-state index in [1.165, 1.54) is 6.07 Å². The van der Waals surface area contributed by atoms with Crippen molar-refractivity contribution in [1.29, 1.82) is 0 Å². The van der Waals surface area contributed by atoms with Gasteiger partial charge in [-0.2, -0.15) is 0 Å². The molecule has 2 aromatic heterocycles. The first kappa shape index (κ1) is 15.7. The predicted octanol–water partition coefficient (Wildman–Crippen LogP) is 5.04. The average molecular weight is 373 g/mol. The van der Waals surface area contributed by atoms with Gasteiger partial charge in [0.15, 0.2) is 5.58 Å². The molecule has 2 aromatic carbocycles. The Labute approximate surface area is 152 Å². The Hall–Kier alpha value is -2.83. The average Bonchev–Trinajstić information content (AvgIpc) is 3.02. The highest BCUT2D eigenvalue weighted by molar-refractivity contribution is 6.31. The van der Waals surface area contributed by atoms with E-state index in [1.54, 1.807) is 42.7 Å². The lowest BCUT2D eigenvalue weighted by Gasteiger charge is -2.07. The number of phenols is 1. The number of hydrogen-bond acceptors (Lipinski definition) is 6. The van der Waals surface area contributed by atoms with Gasteiger partial charge >= 0.3 is 0 Å². The van der Waals surface area contributed by atoms with Gasteiger partial charge in [-0.25, -0.2) is 15.0 Å². The maximum absolute atomic E-state index is 9.82. The Bertz CT molecular complexity index is 1060. The van der Waals surface area contributed by atoms with Gasteiger partial charge in [-0.3, -0.25) is 0 Å². The van der Waals surface area contributed by atoms with Crippen LogP contribution < -0.4 is 5.32 Å². The van der Waals surface area contributed by atoms with Crippen LogP contribution in [0, 0.1) is 0 Å². The first-order valence-corrected chi connectivity index (χ1v) is 7.98. The summed E-state index contributed by atoms with van der Waals surface area (Å²) < 4.78 is 5.67. The van der Waals surface area contributed by atoms with E-state index in [-0.39, 0.29) is 5.75 Å². The molecule has 124 valence electrons. The normalized spacial score (nSPS) is 11.0. The van der Waals surface area contributed by atoms with Gasteiger partial charge < -0.3 is 14.8 Å². The SMILES string of the molecule is Oc1ccc(Cl)cc1Nc1ncc(-c2nc3cc(Cl)ccc3o2)cn1. The minimum absolute atomic E-state index is 0.0490. The lowest BCUT2D eigenvalue weighted by molar-refractivity contribution is 0.477. The maximum atomic E-state index is 9.82. The highest BCUT2D eigenvalue weighted by Gasteiger charge is 2.10. The Morgan fingerprint density at radius 3 is 2.48 bits per heavy atom. The summed E-state index contributed by atoms with van der Waals surface area (Å²) in [5.74, 6) is 0.753. The molecule has 6 nitrogen and oxygen atoms in total. The molecule has 0 spiro atoms. The number of aromatic nitrogens is 3. The quantitative estimate of drug-likeness (QED) is 0.490. The Morgan fingerprint density at radius 2 is 1.68 bits per heavy atom. The van der Waals surface area contributed by atoms with E-state index in [2.05, 4.69) is 20.3 Å².